The van der Waals surface area contributed by atoms with Crippen molar-refractivity contribution >= 4 is 22.7 Å². The Hall–Kier alpha value is -1.26. The molecule has 2 aromatic rings. The lowest BCUT2D eigenvalue weighted by Crippen LogP contribution is -2.39. The third kappa shape index (κ3) is 2.44. The van der Waals surface area contributed by atoms with E-state index in [1.807, 2.05) is 30.0 Å². The number of fused-ring (bicyclic) bond motifs is 1. The predicted molar refractivity (Wildman–Crippen MR) is 76.2 cm³/mol. The number of phenolic OH excluding ortho intramolecular Hbond substituents is 1. The van der Waals surface area contributed by atoms with Crippen molar-refractivity contribution in [3.8, 4) is 5.75 Å². The molecule has 1 aromatic carbocycles. The highest BCUT2D eigenvalue weighted by molar-refractivity contribution is 7.99. The van der Waals surface area contributed by atoms with Crippen LogP contribution in [0.1, 0.15) is 5.69 Å². The first-order valence-electron chi connectivity index (χ1n) is 6.22. The van der Waals surface area contributed by atoms with Gasteiger partial charge in [-0.05, 0) is 12.1 Å². The molecule has 3 rings (SSSR count). The van der Waals surface area contributed by atoms with Gasteiger partial charge in [0.1, 0.15) is 11.3 Å². The van der Waals surface area contributed by atoms with Crippen molar-refractivity contribution in [3.63, 3.8) is 0 Å². The average Bonchev–Trinajstić information content (AvgIpc) is 2.41. The number of nitrogens with one attached hydrogen (secondary N) is 1. The van der Waals surface area contributed by atoms with Crippen LogP contribution in [0.15, 0.2) is 30.3 Å². The predicted octanol–water partition coefficient (Wildman–Crippen LogP) is 2.19. The average molecular weight is 260 g/mol. The Kier molecular flexibility index (Phi) is 3.39. The zero-order valence-electron chi connectivity index (χ0n) is 10.1. The van der Waals surface area contributed by atoms with Crippen molar-refractivity contribution in [3.05, 3.63) is 36.0 Å². The van der Waals surface area contributed by atoms with E-state index in [1.165, 1.54) is 5.75 Å². The number of pyridine rings is 1. The van der Waals surface area contributed by atoms with Gasteiger partial charge in [-0.2, -0.15) is 11.8 Å². The molecule has 1 aliphatic rings. The molecule has 0 spiro atoms. The molecule has 3 nitrogen and oxygen atoms in total. The minimum Gasteiger partial charge on any atom is -0.506 e. The lowest BCUT2D eigenvalue weighted by Gasteiger charge is -2.22. The van der Waals surface area contributed by atoms with Crippen molar-refractivity contribution in [2.75, 3.05) is 18.1 Å². The van der Waals surface area contributed by atoms with Crippen LogP contribution in [0.25, 0.3) is 10.9 Å². The van der Waals surface area contributed by atoms with Gasteiger partial charge in [0.25, 0.3) is 0 Å². The molecule has 0 aliphatic carbocycles. The van der Waals surface area contributed by atoms with Crippen LogP contribution in [-0.2, 0) is 6.42 Å². The molecule has 1 fully saturated rings. The Labute approximate surface area is 111 Å². The minimum atomic E-state index is 0.264. The third-order valence-electron chi connectivity index (χ3n) is 3.21. The summed E-state index contributed by atoms with van der Waals surface area (Å²) in [6, 6.07) is 10.1. The summed E-state index contributed by atoms with van der Waals surface area (Å²) in [7, 11) is 0. The Morgan fingerprint density at radius 3 is 3.11 bits per heavy atom. The van der Waals surface area contributed by atoms with Crippen LogP contribution in [0.4, 0.5) is 0 Å². The Balaban J connectivity index is 1.86. The number of benzene rings is 1. The first-order valence-corrected chi connectivity index (χ1v) is 7.37. The summed E-state index contributed by atoms with van der Waals surface area (Å²) in [6.45, 7) is 1.08. The van der Waals surface area contributed by atoms with Crippen LogP contribution in [0.5, 0.6) is 5.75 Å². The molecule has 4 heteroatoms. The smallest absolute Gasteiger partial charge is 0.141 e. The lowest BCUT2D eigenvalue weighted by molar-refractivity contribution is 0.480. The van der Waals surface area contributed by atoms with Crippen LogP contribution < -0.4 is 5.32 Å². The van der Waals surface area contributed by atoms with Gasteiger partial charge >= 0.3 is 0 Å². The number of para-hydroxylation sites is 1. The highest BCUT2D eigenvalue weighted by Crippen LogP contribution is 2.23. The maximum atomic E-state index is 9.82. The van der Waals surface area contributed by atoms with E-state index in [1.54, 1.807) is 6.07 Å². The molecule has 0 bridgehead atoms. The van der Waals surface area contributed by atoms with Crippen LogP contribution >= 0.6 is 11.8 Å². The zero-order valence-corrected chi connectivity index (χ0v) is 10.9. The molecule has 18 heavy (non-hydrogen) atoms. The number of thioether (sulfide) groups is 1. The second kappa shape index (κ2) is 5.16. The molecule has 2 heterocycles. The highest BCUT2D eigenvalue weighted by Gasteiger charge is 2.14. The van der Waals surface area contributed by atoms with Crippen LogP contribution in [0.2, 0.25) is 0 Å². The topological polar surface area (TPSA) is 45.1 Å². The fourth-order valence-corrected chi connectivity index (χ4v) is 3.24. The molecule has 1 aromatic heterocycles. The molecule has 94 valence electrons. The van der Waals surface area contributed by atoms with Gasteiger partial charge in [-0.3, -0.25) is 0 Å². The summed E-state index contributed by atoms with van der Waals surface area (Å²) >= 11 is 1.99. The summed E-state index contributed by atoms with van der Waals surface area (Å²) in [4.78, 5) is 4.57. The molecule has 1 aliphatic heterocycles. The van der Waals surface area contributed by atoms with E-state index in [2.05, 4.69) is 16.4 Å². The summed E-state index contributed by atoms with van der Waals surface area (Å²) in [5, 5.41) is 14.3. The molecule has 0 amide bonds. The summed E-state index contributed by atoms with van der Waals surface area (Å²) in [5.41, 5.74) is 1.75. The number of phenols is 1. The quantitative estimate of drug-likeness (QED) is 0.869. The van der Waals surface area contributed by atoms with Gasteiger partial charge in [0.05, 0.1) is 0 Å². The normalized spacial score (nSPS) is 20.1. The maximum absolute atomic E-state index is 9.82. The first-order chi connectivity index (χ1) is 8.83. The van der Waals surface area contributed by atoms with Gasteiger partial charge in [0, 0.05) is 41.6 Å². The van der Waals surface area contributed by atoms with Crippen LogP contribution in [-0.4, -0.2) is 34.2 Å². The van der Waals surface area contributed by atoms with Crippen molar-refractivity contribution < 1.29 is 5.11 Å². The summed E-state index contributed by atoms with van der Waals surface area (Å²) < 4.78 is 0. The van der Waals surface area contributed by atoms with E-state index in [4.69, 9.17) is 0 Å². The molecular weight excluding hydrogens is 244 g/mol. The molecular formula is C14H16N2OS. The maximum Gasteiger partial charge on any atom is 0.141 e. The highest BCUT2D eigenvalue weighted by atomic mass is 32.2. The van der Waals surface area contributed by atoms with Gasteiger partial charge in [-0.1, -0.05) is 18.2 Å². The number of rotatable bonds is 2. The standard InChI is InChI=1S/C14H16N2OS/c17-13-3-1-2-10-4-5-11(16-14(10)13)8-12-9-18-7-6-15-12/h1-5,12,15,17H,6-9H2. The third-order valence-corrected chi connectivity index (χ3v) is 4.34. The molecule has 0 saturated carbocycles. The van der Waals surface area contributed by atoms with Crippen molar-refractivity contribution in [1.29, 1.82) is 0 Å². The Morgan fingerprint density at radius 1 is 1.33 bits per heavy atom. The number of hydrogen-bond donors (Lipinski definition) is 2. The van der Waals surface area contributed by atoms with E-state index < -0.39 is 0 Å². The monoisotopic (exact) mass is 260 g/mol. The largest absolute Gasteiger partial charge is 0.506 e. The molecule has 1 atom stereocenters. The number of aromatic hydroxyl groups is 1. The second-order valence-corrected chi connectivity index (χ2v) is 5.73. The van der Waals surface area contributed by atoms with E-state index in [9.17, 15) is 5.11 Å². The van der Waals surface area contributed by atoms with Gasteiger partial charge < -0.3 is 10.4 Å². The lowest BCUT2D eigenvalue weighted by atomic mass is 10.1. The van der Waals surface area contributed by atoms with Crippen LogP contribution in [0.3, 0.4) is 0 Å². The Bertz CT molecular complexity index is 552. The Morgan fingerprint density at radius 2 is 2.28 bits per heavy atom. The van der Waals surface area contributed by atoms with Gasteiger partial charge in [-0.25, -0.2) is 4.98 Å². The van der Waals surface area contributed by atoms with E-state index in [0.717, 1.165) is 29.8 Å². The number of aromatic nitrogens is 1. The summed E-state index contributed by atoms with van der Waals surface area (Å²) in [6.07, 6.45) is 0.928. The van der Waals surface area contributed by atoms with Gasteiger partial charge in [-0.15, -0.1) is 0 Å². The molecule has 1 unspecified atom stereocenters. The van der Waals surface area contributed by atoms with Crippen LogP contribution in [0, 0.1) is 0 Å². The van der Waals surface area contributed by atoms with Gasteiger partial charge in [0.15, 0.2) is 0 Å². The van der Waals surface area contributed by atoms with E-state index >= 15 is 0 Å². The van der Waals surface area contributed by atoms with Crippen molar-refractivity contribution in [1.82, 2.24) is 10.3 Å². The zero-order chi connectivity index (χ0) is 12.4. The van der Waals surface area contributed by atoms with Gasteiger partial charge in [0.2, 0.25) is 0 Å². The fourth-order valence-electron chi connectivity index (χ4n) is 2.29. The van der Waals surface area contributed by atoms with E-state index in [-0.39, 0.29) is 5.75 Å². The minimum absolute atomic E-state index is 0.264. The van der Waals surface area contributed by atoms with E-state index in [0.29, 0.717) is 11.6 Å². The first kappa shape index (κ1) is 11.8. The van der Waals surface area contributed by atoms with Crippen molar-refractivity contribution in [2.24, 2.45) is 0 Å². The summed E-state index contributed by atoms with van der Waals surface area (Å²) in [5.74, 6) is 2.60. The SMILES string of the molecule is Oc1cccc2ccc(CC3CSCCN3)nc12. The van der Waals surface area contributed by atoms with Crippen molar-refractivity contribution in [2.45, 2.75) is 12.5 Å². The molecule has 2 N–H and O–H groups in total. The number of nitrogens with zero attached hydrogens (tertiary/aromatic N) is 1. The fraction of sp³-hybridized carbons (Fsp3) is 0.357. The number of hydrogen-bond acceptors (Lipinski definition) is 4. The molecule has 1 saturated heterocycles. The molecule has 0 radical (unpaired) electrons. The second-order valence-electron chi connectivity index (χ2n) is 4.58.